The van der Waals surface area contributed by atoms with Crippen LogP contribution in [0.25, 0.3) is 0 Å². The van der Waals surface area contributed by atoms with E-state index in [1.807, 2.05) is 13.8 Å². The Morgan fingerprint density at radius 2 is 1.44 bits per heavy atom. The van der Waals surface area contributed by atoms with Gasteiger partial charge in [0.15, 0.2) is 0 Å². The van der Waals surface area contributed by atoms with Crippen molar-refractivity contribution in [2.75, 3.05) is 0 Å². The van der Waals surface area contributed by atoms with Gasteiger partial charge in [-0.25, -0.2) is 0 Å². The monoisotopic (exact) mass is 228 g/mol. The van der Waals surface area contributed by atoms with Gasteiger partial charge in [0.25, 0.3) is 0 Å². The van der Waals surface area contributed by atoms with E-state index in [2.05, 4.69) is 41.5 Å². The topological polar surface area (TPSA) is 0 Å². The lowest BCUT2D eigenvalue weighted by atomic mass is 9.74. The van der Waals surface area contributed by atoms with Crippen molar-refractivity contribution in [3.05, 3.63) is 0 Å². The van der Waals surface area contributed by atoms with Crippen molar-refractivity contribution >= 4 is 0 Å². The second kappa shape index (κ2) is 10.2. The van der Waals surface area contributed by atoms with Crippen molar-refractivity contribution in [3.8, 4) is 0 Å². The lowest BCUT2D eigenvalue weighted by Gasteiger charge is -2.31. The van der Waals surface area contributed by atoms with Crippen LogP contribution in [-0.2, 0) is 0 Å². The third kappa shape index (κ3) is 6.55. The number of hydrogen-bond acceptors (Lipinski definition) is 0. The van der Waals surface area contributed by atoms with Crippen LogP contribution in [0.1, 0.15) is 87.5 Å². The maximum Gasteiger partial charge on any atom is -0.0277 e. The molecule has 0 saturated heterocycles. The van der Waals surface area contributed by atoms with Gasteiger partial charge in [0.1, 0.15) is 0 Å². The third-order valence-corrected chi connectivity index (χ3v) is 3.77. The molecule has 0 heterocycles. The van der Waals surface area contributed by atoms with Crippen molar-refractivity contribution in [2.45, 2.75) is 87.5 Å². The minimum absolute atomic E-state index is 0.736. The second-order valence-electron chi connectivity index (χ2n) is 5.59. The van der Waals surface area contributed by atoms with Crippen LogP contribution in [0.5, 0.6) is 0 Å². The van der Waals surface area contributed by atoms with E-state index in [1.54, 1.807) is 0 Å². The molecule has 0 bridgehead atoms. The van der Waals surface area contributed by atoms with Crippen LogP contribution in [0, 0.1) is 17.3 Å². The fourth-order valence-corrected chi connectivity index (χ4v) is 2.61. The van der Waals surface area contributed by atoms with Crippen molar-refractivity contribution in [1.29, 1.82) is 0 Å². The predicted octanol–water partition coefficient (Wildman–Crippen LogP) is 6.30. The van der Waals surface area contributed by atoms with Gasteiger partial charge in [0.05, 0.1) is 0 Å². The minimum Gasteiger partial charge on any atom is -0.0683 e. The Hall–Kier alpha value is 0. The third-order valence-electron chi connectivity index (χ3n) is 3.77. The molecule has 0 aromatic rings. The summed E-state index contributed by atoms with van der Waals surface area (Å²) in [5.74, 6) is 1.82. The van der Waals surface area contributed by atoms with Crippen LogP contribution >= 0.6 is 0 Å². The summed E-state index contributed by atoms with van der Waals surface area (Å²) >= 11 is 0. The summed E-state index contributed by atoms with van der Waals surface area (Å²) in [5.41, 5.74) is 0.736. The Kier molecular flexibility index (Phi) is 11.7. The SMILES string of the molecule is CC.CC(C)C.CCC1(CC)CCCC1C. The van der Waals surface area contributed by atoms with Gasteiger partial charge in [-0.3, -0.25) is 0 Å². The molecule has 0 amide bonds. The number of hydrogen-bond donors (Lipinski definition) is 0. The standard InChI is InChI=1S/C10H20.C4H10.C2H6/c1-4-10(5-2)8-6-7-9(10)3;1-4(2)3;1-2/h9H,4-8H2,1-3H3;4H,1-3H3;1-2H3. The summed E-state index contributed by atoms with van der Waals surface area (Å²) in [6.07, 6.45) is 7.22. The molecule has 1 saturated carbocycles. The molecule has 0 nitrogen and oxygen atoms in total. The van der Waals surface area contributed by atoms with Gasteiger partial charge >= 0.3 is 0 Å². The Labute approximate surface area is 105 Å². The molecular weight excluding hydrogens is 192 g/mol. The van der Waals surface area contributed by atoms with Crippen molar-refractivity contribution in [3.63, 3.8) is 0 Å². The Bertz CT molecular complexity index is 128. The van der Waals surface area contributed by atoms with Crippen LogP contribution in [0.4, 0.5) is 0 Å². The molecule has 0 aromatic carbocycles. The molecule has 0 aromatic heterocycles. The molecule has 1 atom stereocenters. The van der Waals surface area contributed by atoms with Crippen molar-refractivity contribution < 1.29 is 0 Å². The van der Waals surface area contributed by atoms with E-state index in [4.69, 9.17) is 0 Å². The second-order valence-corrected chi connectivity index (χ2v) is 5.59. The highest BCUT2D eigenvalue weighted by Gasteiger charge is 2.36. The average Bonchev–Trinajstić information content (AvgIpc) is 2.62. The molecule has 1 rings (SSSR count). The Morgan fingerprint density at radius 3 is 1.56 bits per heavy atom. The first-order valence-corrected chi connectivity index (χ1v) is 7.48. The summed E-state index contributed by atoms with van der Waals surface area (Å²) in [7, 11) is 0. The zero-order valence-corrected chi connectivity index (χ0v) is 13.2. The largest absolute Gasteiger partial charge is 0.0683 e. The minimum atomic E-state index is 0.736. The van der Waals surface area contributed by atoms with E-state index in [9.17, 15) is 0 Å². The summed E-state index contributed by atoms with van der Waals surface area (Å²) < 4.78 is 0. The van der Waals surface area contributed by atoms with Gasteiger partial charge in [0, 0.05) is 0 Å². The smallest absolute Gasteiger partial charge is 0.0277 e. The number of rotatable bonds is 2. The molecule has 1 aliphatic rings. The quantitative estimate of drug-likeness (QED) is 0.520. The molecule has 0 aliphatic heterocycles. The Balaban J connectivity index is 0. The molecule has 0 heteroatoms. The molecule has 0 radical (unpaired) electrons. The molecule has 1 unspecified atom stereocenters. The normalized spacial score (nSPS) is 21.9. The highest BCUT2D eigenvalue weighted by Crippen LogP contribution is 2.47. The molecule has 16 heavy (non-hydrogen) atoms. The van der Waals surface area contributed by atoms with Gasteiger partial charge in [-0.15, -0.1) is 0 Å². The molecule has 1 fully saturated rings. The summed E-state index contributed by atoms with van der Waals surface area (Å²) in [5, 5.41) is 0. The fourth-order valence-electron chi connectivity index (χ4n) is 2.61. The first kappa shape index (κ1) is 18.4. The maximum atomic E-state index is 2.43. The van der Waals surface area contributed by atoms with Crippen molar-refractivity contribution in [2.24, 2.45) is 17.3 Å². The molecule has 0 spiro atoms. The van der Waals surface area contributed by atoms with Crippen LogP contribution < -0.4 is 0 Å². The fraction of sp³-hybridized carbons (Fsp3) is 1.00. The first-order valence-electron chi connectivity index (χ1n) is 7.48. The molecule has 0 N–H and O–H groups in total. The molecular formula is C16H36. The first-order chi connectivity index (χ1) is 7.48. The van der Waals surface area contributed by atoms with E-state index < -0.39 is 0 Å². The van der Waals surface area contributed by atoms with E-state index in [0.717, 1.165) is 17.3 Å². The lowest BCUT2D eigenvalue weighted by molar-refractivity contribution is 0.196. The van der Waals surface area contributed by atoms with E-state index in [-0.39, 0.29) is 0 Å². The summed E-state index contributed by atoms with van der Waals surface area (Å²) in [4.78, 5) is 0. The van der Waals surface area contributed by atoms with Crippen LogP contribution in [0.15, 0.2) is 0 Å². The highest BCUT2D eigenvalue weighted by molar-refractivity contribution is 4.87. The highest BCUT2D eigenvalue weighted by atomic mass is 14.4. The zero-order chi connectivity index (χ0) is 13.2. The van der Waals surface area contributed by atoms with Crippen LogP contribution in [0.3, 0.4) is 0 Å². The van der Waals surface area contributed by atoms with Crippen LogP contribution in [-0.4, -0.2) is 0 Å². The Morgan fingerprint density at radius 1 is 1.06 bits per heavy atom. The maximum absolute atomic E-state index is 2.43. The van der Waals surface area contributed by atoms with Crippen molar-refractivity contribution in [1.82, 2.24) is 0 Å². The summed E-state index contributed by atoms with van der Waals surface area (Å²) in [6.45, 7) is 17.6. The van der Waals surface area contributed by atoms with Gasteiger partial charge < -0.3 is 0 Å². The van der Waals surface area contributed by atoms with Gasteiger partial charge in [-0.1, -0.05) is 81.1 Å². The summed E-state index contributed by atoms with van der Waals surface area (Å²) in [6, 6.07) is 0. The van der Waals surface area contributed by atoms with Crippen LogP contribution in [0.2, 0.25) is 0 Å². The zero-order valence-electron chi connectivity index (χ0n) is 13.2. The van der Waals surface area contributed by atoms with E-state index in [0.29, 0.717) is 0 Å². The van der Waals surface area contributed by atoms with Gasteiger partial charge in [0.2, 0.25) is 0 Å². The average molecular weight is 228 g/mol. The lowest BCUT2D eigenvalue weighted by Crippen LogP contribution is -2.21. The molecule has 1 aliphatic carbocycles. The molecule has 100 valence electrons. The van der Waals surface area contributed by atoms with E-state index in [1.165, 1.54) is 32.1 Å². The predicted molar refractivity (Wildman–Crippen MR) is 77.9 cm³/mol. The van der Waals surface area contributed by atoms with Gasteiger partial charge in [-0.05, 0) is 23.7 Å². The van der Waals surface area contributed by atoms with Gasteiger partial charge in [-0.2, -0.15) is 0 Å². The van der Waals surface area contributed by atoms with E-state index >= 15 is 0 Å².